The second-order valence-electron chi connectivity index (χ2n) is 5.05. The maximum absolute atomic E-state index is 12.2. The topological polar surface area (TPSA) is 53.0 Å². The predicted molar refractivity (Wildman–Crippen MR) is 81.7 cm³/mol. The number of carbonyl (C=O) groups excluding carboxylic acids is 1. The fraction of sp³-hybridized carbons (Fsp3) is 0.533. The summed E-state index contributed by atoms with van der Waals surface area (Å²) < 4.78 is 5.49. The van der Waals surface area contributed by atoms with Crippen LogP contribution in [0.3, 0.4) is 0 Å². The normalized spacial score (nSPS) is 16.6. The highest BCUT2D eigenvalue weighted by molar-refractivity contribution is 6.30. The van der Waals surface area contributed by atoms with Gasteiger partial charge >= 0.3 is 0 Å². The van der Waals surface area contributed by atoms with Crippen LogP contribution in [0.1, 0.15) is 6.42 Å². The van der Waals surface area contributed by atoms with Gasteiger partial charge in [-0.1, -0.05) is 17.7 Å². The molecule has 0 radical (unpaired) electrons. The molecule has 0 bridgehead atoms. The lowest BCUT2D eigenvalue weighted by atomic mass is 10.3. The van der Waals surface area contributed by atoms with Crippen LogP contribution in [-0.4, -0.2) is 66.8 Å². The summed E-state index contributed by atoms with van der Waals surface area (Å²) in [5, 5.41) is 9.56. The predicted octanol–water partition coefficient (Wildman–Crippen LogP) is 1.25. The van der Waals surface area contributed by atoms with Gasteiger partial charge in [0.25, 0.3) is 5.91 Å². The minimum absolute atomic E-state index is 0.0131. The Hall–Kier alpha value is -1.30. The second-order valence-corrected chi connectivity index (χ2v) is 5.48. The monoisotopic (exact) mass is 312 g/mol. The van der Waals surface area contributed by atoms with Crippen LogP contribution in [0.4, 0.5) is 0 Å². The molecule has 1 aliphatic rings. The van der Waals surface area contributed by atoms with Crippen molar-refractivity contribution < 1.29 is 14.6 Å². The molecule has 1 fully saturated rings. The molecule has 0 atom stereocenters. The van der Waals surface area contributed by atoms with E-state index in [9.17, 15) is 4.79 Å². The van der Waals surface area contributed by atoms with Gasteiger partial charge in [-0.15, -0.1) is 0 Å². The molecule has 21 heavy (non-hydrogen) atoms. The number of carbonyl (C=O) groups is 1. The van der Waals surface area contributed by atoms with Gasteiger partial charge in [0.05, 0.1) is 6.61 Å². The minimum atomic E-state index is -0.0131. The standard InChI is InChI=1S/C15H21ClN2O3/c16-13-3-1-4-14(11-13)21-12-15(20)18-6-2-5-17(7-8-18)9-10-19/h1,3-4,11,19H,2,5-10,12H2. The van der Waals surface area contributed by atoms with E-state index >= 15 is 0 Å². The molecule has 1 amide bonds. The highest BCUT2D eigenvalue weighted by atomic mass is 35.5. The Kier molecular flexibility index (Phi) is 6.29. The molecule has 0 aliphatic carbocycles. The van der Waals surface area contributed by atoms with E-state index in [2.05, 4.69) is 4.90 Å². The van der Waals surface area contributed by atoms with Crippen LogP contribution in [-0.2, 0) is 4.79 Å². The first-order chi connectivity index (χ1) is 10.2. The molecular formula is C15H21ClN2O3. The maximum Gasteiger partial charge on any atom is 0.260 e. The van der Waals surface area contributed by atoms with Crippen LogP contribution in [0.2, 0.25) is 5.02 Å². The molecule has 1 aromatic rings. The molecular weight excluding hydrogens is 292 g/mol. The first-order valence-corrected chi connectivity index (χ1v) is 7.56. The zero-order chi connectivity index (χ0) is 15.1. The number of aliphatic hydroxyl groups is 1. The number of amides is 1. The van der Waals surface area contributed by atoms with Crippen molar-refractivity contribution >= 4 is 17.5 Å². The van der Waals surface area contributed by atoms with E-state index < -0.39 is 0 Å². The van der Waals surface area contributed by atoms with Gasteiger partial charge < -0.3 is 14.7 Å². The van der Waals surface area contributed by atoms with Crippen LogP contribution in [0.15, 0.2) is 24.3 Å². The lowest BCUT2D eigenvalue weighted by Gasteiger charge is -2.21. The van der Waals surface area contributed by atoms with Gasteiger partial charge in [-0.2, -0.15) is 0 Å². The number of β-amino-alcohol motifs (C(OH)–C–C–N with tert-alkyl or cyclic N) is 1. The zero-order valence-electron chi connectivity index (χ0n) is 12.0. The van der Waals surface area contributed by atoms with E-state index in [0.717, 1.165) is 26.1 Å². The zero-order valence-corrected chi connectivity index (χ0v) is 12.8. The summed E-state index contributed by atoms with van der Waals surface area (Å²) in [7, 11) is 0. The van der Waals surface area contributed by atoms with Crippen molar-refractivity contribution in [2.45, 2.75) is 6.42 Å². The van der Waals surface area contributed by atoms with Gasteiger partial charge in [0.1, 0.15) is 5.75 Å². The number of rotatable bonds is 5. The van der Waals surface area contributed by atoms with Gasteiger partial charge in [0, 0.05) is 31.2 Å². The summed E-state index contributed by atoms with van der Waals surface area (Å²) >= 11 is 5.87. The summed E-state index contributed by atoms with van der Waals surface area (Å²) in [6, 6.07) is 7.03. The SMILES string of the molecule is O=C(COc1cccc(Cl)c1)N1CCCN(CCO)CC1. The van der Waals surface area contributed by atoms with Crippen LogP contribution in [0, 0.1) is 0 Å². The molecule has 6 heteroatoms. The van der Waals surface area contributed by atoms with Crippen molar-refractivity contribution in [3.05, 3.63) is 29.3 Å². The molecule has 0 spiro atoms. The Morgan fingerprint density at radius 3 is 2.90 bits per heavy atom. The number of aliphatic hydroxyl groups excluding tert-OH is 1. The van der Waals surface area contributed by atoms with Crippen molar-refractivity contribution in [2.24, 2.45) is 0 Å². The maximum atomic E-state index is 12.2. The summed E-state index contributed by atoms with van der Waals surface area (Å²) in [5.41, 5.74) is 0. The van der Waals surface area contributed by atoms with Gasteiger partial charge in [0.15, 0.2) is 6.61 Å². The molecule has 5 nitrogen and oxygen atoms in total. The summed E-state index contributed by atoms with van der Waals surface area (Å²) in [6.07, 6.45) is 0.920. The quantitative estimate of drug-likeness (QED) is 0.889. The Morgan fingerprint density at radius 2 is 2.14 bits per heavy atom. The Morgan fingerprint density at radius 1 is 1.29 bits per heavy atom. The molecule has 0 unspecified atom stereocenters. The van der Waals surface area contributed by atoms with E-state index in [4.69, 9.17) is 21.4 Å². The highest BCUT2D eigenvalue weighted by Gasteiger charge is 2.19. The van der Waals surface area contributed by atoms with E-state index in [0.29, 0.717) is 23.9 Å². The van der Waals surface area contributed by atoms with Gasteiger partial charge in [-0.05, 0) is 31.2 Å². The lowest BCUT2D eigenvalue weighted by molar-refractivity contribution is -0.133. The van der Waals surface area contributed by atoms with E-state index in [1.807, 2.05) is 4.90 Å². The third-order valence-corrected chi connectivity index (χ3v) is 3.75. The van der Waals surface area contributed by atoms with E-state index in [1.165, 1.54) is 0 Å². The molecule has 1 N–H and O–H groups in total. The fourth-order valence-corrected chi connectivity index (χ4v) is 2.56. The molecule has 1 heterocycles. The Balaban J connectivity index is 1.80. The molecule has 0 saturated carbocycles. The smallest absolute Gasteiger partial charge is 0.260 e. The number of hydrogen-bond acceptors (Lipinski definition) is 4. The van der Waals surface area contributed by atoms with Crippen molar-refractivity contribution in [2.75, 3.05) is 45.9 Å². The van der Waals surface area contributed by atoms with Gasteiger partial charge in [-0.3, -0.25) is 9.69 Å². The van der Waals surface area contributed by atoms with Crippen molar-refractivity contribution in [1.82, 2.24) is 9.80 Å². The molecule has 2 rings (SSSR count). The molecule has 1 saturated heterocycles. The molecule has 1 aliphatic heterocycles. The lowest BCUT2D eigenvalue weighted by Crippen LogP contribution is -2.38. The fourth-order valence-electron chi connectivity index (χ4n) is 2.38. The number of halogens is 1. The highest BCUT2D eigenvalue weighted by Crippen LogP contribution is 2.17. The first-order valence-electron chi connectivity index (χ1n) is 7.18. The van der Waals surface area contributed by atoms with E-state index in [1.54, 1.807) is 24.3 Å². The second kappa shape index (κ2) is 8.22. The van der Waals surface area contributed by atoms with Crippen molar-refractivity contribution in [3.63, 3.8) is 0 Å². The first kappa shape index (κ1) is 16.1. The molecule has 1 aromatic carbocycles. The van der Waals surface area contributed by atoms with Crippen LogP contribution >= 0.6 is 11.6 Å². The van der Waals surface area contributed by atoms with Gasteiger partial charge in [-0.25, -0.2) is 0 Å². The molecule has 116 valence electrons. The summed E-state index contributed by atoms with van der Waals surface area (Å²) in [4.78, 5) is 16.2. The van der Waals surface area contributed by atoms with Crippen molar-refractivity contribution in [1.29, 1.82) is 0 Å². The Bertz CT molecular complexity index is 470. The average Bonchev–Trinajstić information content (AvgIpc) is 2.71. The number of ether oxygens (including phenoxy) is 1. The number of nitrogens with zero attached hydrogens (tertiary/aromatic N) is 2. The van der Waals surface area contributed by atoms with E-state index in [-0.39, 0.29) is 19.1 Å². The van der Waals surface area contributed by atoms with Crippen LogP contribution in [0.5, 0.6) is 5.75 Å². The third kappa shape index (κ3) is 5.19. The third-order valence-electron chi connectivity index (χ3n) is 3.52. The van der Waals surface area contributed by atoms with Gasteiger partial charge in [0.2, 0.25) is 0 Å². The molecule has 0 aromatic heterocycles. The van der Waals surface area contributed by atoms with Crippen LogP contribution in [0.25, 0.3) is 0 Å². The van der Waals surface area contributed by atoms with Crippen LogP contribution < -0.4 is 4.74 Å². The largest absolute Gasteiger partial charge is 0.484 e. The van der Waals surface area contributed by atoms with Crippen molar-refractivity contribution in [3.8, 4) is 5.75 Å². The average molecular weight is 313 g/mol. The summed E-state index contributed by atoms with van der Waals surface area (Å²) in [6.45, 7) is 3.98. The number of hydrogen-bond donors (Lipinski definition) is 1. The number of benzene rings is 1. The minimum Gasteiger partial charge on any atom is -0.484 e. The summed E-state index contributed by atoms with van der Waals surface area (Å²) in [5.74, 6) is 0.591. The Labute approximate surface area is 130 Å².